The molecule has 1 aromatic carbocycles. The van der Waals surface area contributed by atoms with Gasteiger partial charge in [-0.15, -0.1) is 0 Å². The van der Waals surface area contributed by atoms with Crippen LogP contribution in [0.2, 0.25) is 0 Å². The standard InChI is InChI=1S/C16H22BrN3/c1-16(2,3)15-13(11-20(4)19-15)10-18-9-12-7-5-6-8-14(12)17/h5-8,11,18H,9-10H2,1-4H3. The third-order valence-electron chi connectivity index (χ3n) is 3.20. The molecular formula is C16H22BrN3. The van der Waals surface area contributed by atoms with Crippen LogP contribution in [0.25, 0.3) is 0 Å². The third kappa shape index (κ3) is 3.70. The van der Waals surface area contributed by atoms with Gasteiger partial charge in [-0.25, -0.2) is 0 Å². The lowest BCUT2D eigenvalue weighted by Crippen LogP contribution is -2.19. The van der Waals surface area contributed by atoms with E-state index in [4.69, 9.17) is 0 Å². The van der Waals surface area contributed by atoms with Gasteiger partial charge < -0.3 is 5.32 Å². The zero-order chi connectivity index (χ0) is 14.8. The van der Waals surface area contributed by atoms with Gasteiger partial charge in [0.2, 0.25) is 0 Å². The molecule has 0 aliphatic heterocycles. The van der Waals surface area contributed by atoms with Crippen molar-refractivity contribution in [1.82, 2.24) is 15.1 Å². The van der Waals surface area contributed by atoms with Crippen molar-refractivity contribution >= 4 is 15.9 Å². The van der Waals surface area contributed by atoms with Crippen LogP contribution in [-0.2, 0) is 25.6 Å². The lowest BCUT2D eigenvalue weighted by Gasteiger charge is -2.17. The molecule has 0 aliphatic carbocycles. The summed E-state index contributed by atoms with van der Waals surface area (Å²) < 4.78 is 3.05. The van der Waals surface area contributed by atoms with Crippen molar-refractivity contribution in [2.45, 2.75) is 39.3 Å². The Morgan fingerprint density at radius 2 is 1.80 bits per heavy atom. The van der Waals surface area contributed by atoms with Gasteiger partial charge in [-0.3, -0.25) is 4.68 Å². The Morgan fingerprint density at radius 3 is 2.45 bits per heavy atom. The summed E-state index contributed by atoms with van der Waals surface area (Å²) in [7, 11) is 1.98. The maximum Gasteiger partial charge on any atom is 0.0722 e. The highest BCUT2D eigenvalue weighted by molar-refractivity contribution is 9.10. The highest BCUT2D eigenvalue weighted by atomic mass is 79.9. The minimum absolute atomic E-state index is 0.0750. The van der Waals surface area contributed by atoms with Crippen LogP contribution in [0, 0.1) is 0 Å². The maximum absolute atomic E-state index is 4.59. The Bertz CT molecular complexity index is 582. The van der Waals surface area contributed by atoms with E-state index in [1.807, 2.05) is 17.8 Å². The van der Waals surface area contributed by atoms with Crippen LogP contribution in [0.3, 0.4) is 0 Å². The lowest BCUT2D eigenvalue weighted by molar-refractivity contribution is 0.543. The number of halogens is 1. The van der Waals surface area contributed by atoms with Crippen molar-refractivity contribution in [3.63, 3.8) is 0 Å². The van der Waals surface area contributed by atoms with Crippen LogP contribution < -0.4 is 5.32 Å². The number of hydrogen-bond acceptors (Lipinski definition) is 2. The van der Waals surface area contributed by atoms with Crippen LogP contribution in [0.1, 0.15) is 37.6 Å². The maximum atomic E-state index is 4.59. The predicted molar refractivity (Wildman–Crippen MR) is 86.6 cm³/mol. The lowest BCUT2D eigenvalue weighted by atomic mass is 9.89. The van der Waals surface area contributed by atoms with Gasteiger partial charge in [0.15, 0.2) is 0 Å². The highest BCUT2D eigenvalue weighted by Crippen LogP contribution is 2.24. The van der Waals surface area contributed by atoms with Crippen molar-refractivity contribution in [3.8, 4) is 0 Å². The van der Waals surface area contributed by atoms with E-state index in [1.54, 1.807) is 0 Å². The van der Waals surface area contributed by atoms with Crippen molar-refractivity contribution < 1.29 is 0 Å². The van der Waals surface area contributed by atoms with Gasteiger partial charge in [0, 0.05) is 41.8 Å². The number of aromatic nitrogens is 2. The molecule has 1 N–H and O–H groups in total. The Morgan fingerprint density at radius 1 is 1.15 bits per heavy atom. The second-order valence-corrected chi connectivity index (χ2v) is 6.98. The molecule has 2 aromatic rings. The normalized spacial score (nSPS) is 11.8. The average molecular weight is 336 g/mol. The molecule has 0 fully saturated rings. The Labute approximate surface area is 129 Å². The molecule has 1 aromatic heterocycles. The monoisotopic (exact) mass is 335 g/mol. The molecule has 0 aliphatic rings. The molecule has 108 valence electrons. The second kappa shape index (κ2) is 6.10. The Kier molecular flexibility index (Phi) is 4.66. The molecule has 4 heteroatoms. The van der Waals surface area contributed by atoms with E-state index in [-0.39, 0.29) is 5.41 Å². The second-order valence-electron chi connectivity index (χ2n) is 6.12. The van der Waals surface area contributed by atoms with Crippen LogP contribution >= 0.6 is 15.9 Å². The number of nitrogens with zero attached hydrogens (tertiary/aromatic N) is 2. The van der Waals surface area contributed by atoms with Gasteiger partial charge in [-0.1, -0.05) is 54.9 Å². The van der Waals surface area contributed by atoms with Crippen molar-refractivity contribution in [2.75, 3.05) is 0 Å². The number of rotatable bonds is 4. The van der Waals surface area contributed by atoms with Crippen molar-refractivity contribution in [2.24, 2.45) is 7.05 Å². The van der Waals surface area contributed by atoms with Crippen LogP contribution in [0.15, 0.2) is 34.9 Å². The molecule has 2 rings (SSSR count). The van der Waals surface area contributed by atoms with Gasteiger partial charge >= 0.3 is 0 Å². The first kappa shape index (κ1) is 15.3. The predicted octanol–water partition coefficient (Wildman–Crippen LogP) is 3.77. The SMILES string of the molecule is Cn1cc(CNCc2ccccc2Br)c(C(C)(C)C)n1. The van der Waals surface area contributed by atoms with Gasteiger partial charge in [0.1, 0.15) is 0 Å². The number of hydrogen-bond donors (Lipinski definition) is 1. The quantitative estimate of drug-likeness (QED) is 0.921. The molecule has 0 atom stereocenters. The summed E-state index contributed by atoms with van der Waals surface area (Å²) >= 11 is 3.58. The zero-order valence-electron chi connectivity index (χ0n) is 12.6. The van der Waals surface area contributed by atoms with Gasteiger partial charge in [0.05, 0.1) is 5.69 Å². The first-order valence-electron chi connectivity index (χ1n) is 6.85. The summed E-state index contributed by atoms with van der Waals surface area (Å²) in [5.74, 6) is 0. The summed E-state index contributed by atoms with van der Waals surface area (Å²) in [6, 6.07) is 8.30. The average Bonchev–Trinajstić information content (AvgIpc) is 2.73. The number of nitrogens with one attached hydrogen (secondary N) is 1. The minimum atomic E-state index is 0.0750. The molecule has 0 spiro atoms. The fourth-order valence-corrected chi connectivity index (χ4v) is 2.70. The Hall–Kier alpha value is -1.13. The summed E-state index contributed by atoms with van der Waals surface area (Å²) in [4.78, 5) is 0. The smallest absolute Gasteiger partial charge is 0.0722 e. The highest BCUT2D eigenvalue weighted by Gasteiger charge is 2.21. The van der Waals surface area contributed by atoms with Gasteiger partial charge in [0.25, 0.3) is 0 Å². The fourth-order valence-electron chi connectivity index (χ4n) is 2.27. The van der Waals surface area contributed by atoms with E-state index in [0.29, 0.717) is 0 Å². The first-order chi connectivity index (χ1) is 9.38. The summed E-state index contributed by atoms with van der Waals surface area (Å²) in [5, 5.41) is 8.09. The molecule has 1 heterocycles. The molecule has 0 bridgehead atoms. The molecule has 0 unspecified atom stereocenters. The number of aryl methyl sites for hydroxylation is 1. The van der Waals surface area contributed by atoms with E-state index < -0.39 is 0 Å². The molecule has 20 heavy (non-hydrogen) atoms. The van der Waals surface area contributed by atoms with E-state index in [2.05, 4.69) is 71.5 Å². The molecule has 0 radical (unpaired) electrons. The summed E-state index contributed by atoms with van der Waals surface area (Å²) in [6.45, 7) is 8.29. The molecule has 3 nitrogen and oxygen atoms in total. The molecular weight excluding hydrogens is 314 g/mol. The Balaban J connectivity index is 2.03. The molecule has 0 saturated carbocycles. The zero-order valence-corrected chi connectivity index (χ0v) is 14.2. The van der Waals surface area contributed by atoms with E-state index >= 15 is 0 Å². The van der Waals surface area contributed by atoms with E-state index in [0.717, 1.165) is 17.6 Å². The third-order valence-corrected chi connectivity index (χ3v) is 3.98. The van der Waals surface area contributed by atoms with Crippen molar-refractivity contribution in [1.29, 1.82) is 0 Å². The molecule has 0 amide bonds. The van der Waals surface area contributed by atoms with Crippen LogP contribution in [-0.4, -0.2) is 9.78 Å². The minimum Gasteiger partial charge on any atom is -0.308 e. The first-order valence-corrected chi connectivity index (χ1v) is 7.64. The summed E-state index contributed by atoms with van der Waals surface area (Å²) in [6.07, 6.45) is 2.10. The topological polar surface area (TPSA) is 29.9 Å². The van der Waals surface area contributed by atoms with Gasteiger partial charge in [-0.05, 0) is 11.6 Å². The van der Waals surface area contributed by atoms with Crippen LogP contribution in [0.4, 0.5) is 0 Å². The molecule has 0 saturated heterocycles. The van der Waals surface area contributed by atoms with Crippen molar-refractivity contribution in [3.05, 3.63) is 51.8 Å². The largest absolute Gasteiger partial charge is 0.308 e. The number of benzene rings is 1. The van der Waals surface area contributed by atoms with Gasteiger partial charge in [-0.2, -0.15) is 5.10 Å². The van der Waals surface area contributed by atoms with E-state index in [9.17, 15) is 0 Å². The van der Waals surface area contributed by atoms with Crippen LogP contribution in [0.5, 0.6) is 0 Å². The van der Waals surface area contributed by atoms with E-state index in [1.165, 1.54) is 16.8 Å². The fraction of sp³-hybridized carbons (Fsp3) is 0.438. The summed E-state index contributed by atoms with van der Waals surface area (Å²) in [5.41, 5.74) is 3.78.